The van der Waals surface area contributed by atoms with Crippen molar-refractivity contribution in [2.75, 3.05) is 19.7 Å². The van der Waals surface area contributed by atoms with Gasteiger partial charge in [0.1, 0.15) is 0 Å². The molecule has 0 radical (unpaired) electrons. The Bertz CT molecular complexity index is 598. The van der Waals surface area contributed by atoms with Gasteiger partial charge in [-0.05, 0) is 36.8 Å². The maximum absolute atomic E-state index is 9.49. The van der Waals surface area contributed by atoms with Crippen LogP contribution in [0.5, 0.6) is 0 Å². The lowest BCUT2D eigenvalue weighted by atomic mass is 9.88. The summed E-state index contributed by atoms with van der Waals surface area (Å²) in [6.45, 7) is 5.59. The maximum Gasteiger partial charge on any atom is 0.0932 e. The zero-order valence-corrected chi connectivity index (χ0v) is 14.6. The summed E-state index contributed by atoms with van der Waals surface area (Å²) in [6.07, 6.45) is 3.25. The van der Waals surface area contributed by atoms with Gasteiger partial charge in [-0.15, -0.1) is 11.3 Å². The number of aliphatic hydroxyl groups is 1. The highest BCUT2D eigenvalue weighted by atomic mass is 32.1. The average molecular weight is 330 g/mol. The molecule has 2 heterocycles. The molecule has 2 atom stereocenters. The van der Waals surface area contributed by atoms with E-state index in [9.17, 15) is 5.11 Å². The van der Waals surface area contributed by atoms with E-state index in [0.29, 0.717) is 18.4 Å². The van der Waals surface area contributed by atoms with Crippen LogP contribution in [-0.4, -0.2) is 34.7 Å². The molecular weight excluding hydrogens is 304 g/mol. The summed E-state index contributed by atoms with van der Waals surface area (Å²) in [5.41, 5.74) is 2.56. The van der Waals surface area contributed by atoms with Gasteiger partial charge in [-0.2, -0.15) is 0 Å². The molecular formula is C19H26N2OS. The molecule has 0 spiro atoms. The van der Waals surface area contributed by atoms with Crippen LogP contribution in [0.4, 0.5) is 0 Å². The summed E-state index contributed by atoms with van der Waals surface area (Å²) >= 11 is 1.78. The number of rotatable bonds is 6. The van der Waals surface area contributed by atoms with Crippen LogP contribution in [0.1, 0.15) is 29.6 Å². The lowest BCUT2D eigenvalue weighted by molar-refractivity contribution is 0.0752. The van der Waals surface area contributed by atoms with Crippen LogP contribution >= 0.6 is 11.3 Å². The first kappa shape index (κ1) is 16.6. The number of hydrogen-bond acceptors (Lipinski definition) is 4. The Morgan fingerprint density at radius 1 is 1.26 bits per heavy atom. The molecule has 0 aliphatic carbocycles. The summed E-state index contributed by atoms with van der Waals surface area (Å²) < 4.78 is 0. The molecule has 1 aliphatic heterocycles. The van der Waals surface area contributed by atoms with E-state index in [1.807, 2.05) is 0 Å². The molecule has 4 heteroatoms. The number of benzene rings is 1. The van der Waals surface area contributed by atoms with E-state index in [1.54, 1.807) is 11.3 Å². The molecule has 2 aromatic rings. The van der Waals surface area contributed by atoms with Crippen LogP contribution in [0.25, 0.3) is 0 Å². The van der Waals surface area contributed by atoms with Gasteiger partial charge >= 0.3 is 0 Å². The minimum absolute atomic E-state index is 0.303. The van der Waals surface area contributed by atoms with Crippen molar-refractivity contribution in [3.63, 3.8) is 0 Å². The van der Waals surface area contributed by atoms with E-state index >= 15 is 0 Å². The van der Waals surface area contributed by atoms with Crippen LogP contribution in [0, 0.1) is 11.8 Å². The van der Waals surface area contributed by atoms with Crippen molar-refractivity contribution in [2.45, 2.75) is 32.7 Å². The van der Waals surface area contributed by atoms with Gasteiger partial charge in [0, 0.05) is 31.5 Å². The highest BCUT2D eigenvalue weighted by Gasteiger charge is 2.25. The topological polar surface area (TPSA) is 36.4 Å². The van der Waals surface area contributed by atoms with Crippen LogP contribution in [0.3, 0.4) is 0 Å². The molecule has 0 amide bonds. The summed E-state index contributed by atoms with van der Waals surface area (Å²) in [5, 5.41) is 12.9. The first-order valence-corrected chi connectivity index (χ1v) is 9.43. The highest BCUT2D eigenvalue weighted by molar-refractivity contribution is 7.09. The summed E-state index contributed by atoms with van der Waals surface area (Å²) in [7, 11) is 0. The van der Waals surface area contributed by atoms with Gasteiger partial charge in [0.25, 0.3) is 0 Å². The van der Waals surface area contributed by atoms with Crippen molar-refractivity contribution >= 4 is 11.3 Å². The van der Waals surface area contributed by atoms with Crippen molar-refractivity contribution in [2.24, 2.45) is 11.8 Å². The van der Waals surface area contributed by atoms with Crippen molar-refractivity contribution in [1.82, 2.24) is 9.88 Å². The quantitative estimate of drug-likeness (QED) is 0.882. The number of aliphatic hydroxyl groups excluding tert-OH is 1. The number of piperidine rings is 1. The molecule has 3 nitrogen and oxygen atoms in total. The molecule has 1 saturated heterocycles. The molecule has 23 heavy (non-hydrogen) atoms. The second-order valence-electron chi connectivity index (χ2n) is 6.66. The third-order valence-corrected chi connectivity index (χ3v) is 5.85. The van der Waals surface area contributed by atoms with Gasteiger partial charge in [-0.25, -0.2) is 4.98 Å². The van der Waals surface area contributed by atoms with Crippen molar-refractivity contribution in [3.8, 4) is 0 Å². The Balaban J connectivity index is 1.51. The number of thiazole rings is 1. The first-order chi connectivity index (χ1) is 11.2. The first-order valence-electron chi connectivity index (χ1n) is 8.55. The van der Waals surface area contributed by atoms with E-state index in [1.165, 1.54) is 22.7 Å². The predicted molar refractivity (Wildman–Crippen MR) is 95.6 cm³/mol. The number of aromatic nitrogens is 1. The van der Waals surface area contributed by atoms with Crippen molar-refractivity contribution in [3.05, 3.63) is 52.0 Å². The lowest BCUT2D eigenvalue weighted by Gasteiger charge is -2.35. The van der Waals surface area contributed by atoms with Crippen LogP contribution in [0.15, 0.2) is 35.7 Å². The summed E-state index contributed by atoms with van der Waals surface area (Å²) in [4.78, 5) is 7.25. The number of hydrogen-bond donors (Lipinski definition) is 1. The SMILES string of the molecule is CC1CCN(Cc2csc(CCc3ccccc3)n2)CC1CO. The van der Waals surface area contributed by atoms with Gasteiger partial charge in [0.15, 0.2) is 0 Å². The fourth-order valence-electron chi connectivity index (χ4n) is 3.27. The Morgan fingerprint density at radius 3 is 2.87 bits per heavy atom. The van der Waals surface area contributed by atoms with E-state index < -0.39 is 0 Å². The molecule has 2 unspecified atom stereocenters. The zero-order valence-electron chi connectivity index (χ0n) is 13.8. The molecule has 1 aromatic heterocycles. The lowest BCUT2D eigenvalue weighted by Crippen LogP contribution is -2.40. The third kappa shape index (κ3) is 4.63. The minimum Gasteiger partial charge on any atom is -0.396 e. The molecule has 1 N–H and O–H groups in total. The second-order valence-corrected chi connectivity index (χ2v) is 7.60. The van der Waals surface area contributed by atoms with E-state index in [0.717, 1.165) is 32.5 Å². The third-order valence-electron chi connectivity index (χ3n) is 4.89. The molecule has 1 aromatic carbocycles. The largest absolute Gasteiger partial charge is 0.396 e. The van der Waals surface area contributed by atoms with Crippen molar-refractivity contribution < 1.29 is 5.11 Å². The van der Waals surface area contributed by atoms with Gasteiger partial charge < -0.3 is 5.11 Å². The van der Waals surface area contributed by atoms with E-state index in [2.05, 4.69) is 47.5 Å². The molecule has 0 saturated carbocycles. The molecule has 1 fully saturated rings. The van der Waals surface area contributed by atoms with Crippen LogP contribution in [0.2, 0.25) is 0 Å². The molecule has 1 aliphatic rings. The van der Waals surface area contributed by atoms with Crippen LogP contribution in [-0.2, 0) is 19.4 Å². The van der Waals surface area contributed by atoms with Crippen molar-refractivity contribution in [1.29, 1.82) is 0 Å². The Labute approximate surface area is 143 Å². The van der Waals surface area contributed by atoms with Crippen LogP contribution < -0.4 is 0 Å². The Hall–Kier alpha value is -1.23. The highest BCUT2D eigenvalue weighted by Crippen LogP contribution is 2.24. The smallest absolute Gasteiger partial charge is 0.0932 e. The maximum atomic E-state index is 9.49. The van der Waals surface area contributed by atoms with Gasteiger partial charge in [0.05, 0.1) is 10.7 Å². The normalized spacial score (nSPS) is 22.3. The molecule has 0 bridgehead atoms. The summed E-state index contributed by atoms with van der Waals surface area (Å²) in [5.74, 6) is 1.05. The predicted octanol–water partition coefficient (Wildman–Crippen LogP) is 3.38. The number of aryl methyl sites for hydroxylation is 2. The fraction of sp³-hybridized carbons (Fsp3) is 0.526. The number of nitrogens with zero attached hydrogens (tertiary/aromatic N) is 2. The van der Waals surface area contributed by atoms with Gasteiger partial charge in [-0.3, -0.25) is 4.90 Å². The van der Waals surface area contributed by atoms with Gasteiger partial charge in [-0.1, -0.05) is 37.3 Å². The number of likely N-dealkylation sites (tertiary alicyclic amines) is 1. The zero-order chi connectivity index (χ0) is 16.1. The second kappa shape index (κ2) is 8.04. The summed E-state index contributed by atoms with van der Waals surface area (Å²) in [6, 6.07) is 10.6. The Morgan fingerprint density at radius 2 is 2.09 bits per heavy atom. The van der Waals surface area contributed by atoms with Gasteiger partial charge in [0.2, 0.25) is 0 Å². The molecule has 124 valence electrons. The fourth-order valence-corrected chi connectivity index (χ4v) is 4.06. The average Bonchev–Trinajstić information content (AvgIpc) is 3.03. The van der Waals surface area contributed by atoms with E-state index in [-0.39, 0.29) is 0 Å². The monoisotopic (exact) mass is 330 g/mol. The molecule has 3 rings (SSSR count). The Kier molecular flexibility index (Phi) is 5.81. The minimum atomic E-state index is 0.303. The van der Waals surface area contributed by atoms with E-state index in [4.69, 9.17) is 4.98 Å². The standard InChI is InChI=1S/C19H26N2OS/c1-15-9-10-21(11-17(15)13-22)12-18-14-23-19(20-18)8-7-16-5-3-2-4-6-16/h2-6,14-15,17,22H,7-13H2,1H3.